The molecular formula is C28H25ClF3N7O3S. The standard InChI is InChI=1S/C28H25ClF3N7O3S/c1-5-38-11-18(15(4)36-38)17-10-20(28(30,31)32)34-27-21(17)23(24(43-27)25(33)40)35-26(41)19-6-7-39(37-19)12-42-16-8-13(2)22(29)14(3)9-16/h6-11H,5,12H2,1-4H3,(H2,33,40)(H,35,41). The topological polar surface area (TPSA) is 130 Å². The van der Waals surface area contributed by atoms with Crippen molar-refractivity contribution in [2.45, 2.75) is 47.1 Å². The minimum Gasteiger partial charge on any atom is -0.471 e. The molecule has 4 aromatic heterocycles. The highest BCUT2D eigenvalue weighted by Gasteiger charge is 2.35. The summed E-state index contributed by atoms with van der Waals surface area (Å²) in [5, 5.41) is 12.0. The minimum absolute atomic E-state index is 0.0172. The molecule has 0 aliphatic heterocycles. The molecule has 4 heterocycles. The number of nitrogens with one attached hydrogen (secondary N) is 1. The number of carbonyl (C=O) groups is 2. The van der Waals surface area contributed by atoms with Crippen molar-refractivity contribution in [3.8, 4) is 16.9 Å². The third-order valence-corrected chi connectivity index (χ3v) is 8.32. The molecule has 43 heavy (non-hydrogen) atoms. The van der Waals surface area contributed by atoms with Gasteiger partial charge in [0.15, 0.2) is 12.4 Å². The van der Waals surface area contributed by atoms with Crippen LogP contribution < -0.4 is 15.8 Å². The monoisotopic (exact) mass is 631 g/mol. The van der Waals surface area contributed by atoms with E-state index in [0.29, 0.717) is 39.9 Å². The molecule has 5 aromatic rings. The lowest BCUT2D eigenvalue weighted by molar-refractivity contribution is -0.140. The fourth-order valence-corrected chi connectivity index (χ4v) is 5.67. The highest BCUT2D eigenvalue weighted by Crippen LogP contribution is 2.44. The Morgan fingerprint density at radius 2 is 1.79 bits per heavy atom. The second-order valence-electron chi connectivity index (χ2n) is 9.73. The number of primary amides is 1. The zero-order valence-electron chi connectivity index (χ0n) is 23.3. The van der Waals surface area contributed by atoms with Gasteiger partial charge in [0.2, 0.25) is 0 Å². The van der Waals surface area contributed by atoms with Crippen LogP contribution in [0.15, 0.2) is 36.7 Å². The number of amides is 2. The van der Waals surface area contributed by atoms with Crippen LogP contribution in [0.3, 0.4) is 0 Å². The van der Waals surface area contributed by atoms with Gasteiger partial charge in [-0.15, -0.1) is 11.3 Å². The number of hydrogen-bond donors (Lipinski definition) is 2. The van der Waals surface area contributed by atoms with E-state index < -0.39 is 23.7 Å². The highest BCUT2D eigenvalue weighted by molar-refractivity contribution is 7.21. The molecule has 0 unspecified atom stereocenters. The first kappa shape index (κ1) is 30.0. The van der Waals surface area contributed by atoms with Gasteiger partial charge >= 0.3 is 6.18 Å². The number of aromatic nitrogens is 5. The van der Waals surface area contributed by atoms with Crippen LogP contribution in [0.1, 0.15) is 49.6 Å². The van der Waals surface area contributed by atoms with E-state index in [0.717, 1.165) is 17.2 Å². The van der Waals surface area contributed by atoms with Crippen molar-refractivity contribution in [1.29, 1.82) is 0 Å². The molecule has 0 aliphatic rings. The Labute approximate surface area is 252 Å². The molecule has 0 atom stereocenters. The summed E-state index contributed by atoms with van der Waals surface area (Å²) in [6.45, 7) is 7.66. The maximum atomic E-state index is 13.8. The quantitative estimate of drug-likeness (QED) is 0.205. The van der Waals surface area contributed by atoms with E-state index in [4.69, 9.17) is 22.1 Å². The lowest BCUT2D eigenvalue weighted by Gasteiger charge is -2.11. The van der Waals surface area contributed by atoms with Gasteiger partial charge in [-0.1, -0.05) is 11.6 Å². The number of rotatable bonds is 8. The molecule has 1 aromatic carbocycles. The van der Waals surface area contributed by atoms with Crippen LogP contribution in [-0.2, 0) is 19.5 Å². The van der Waals surface area contributed by atoms with Gasteiger partial charge in [-0.05, 0) is 68.7 Å². The second kappa shape index (κ2) is 11.3. The van der Waals surface area contributed by atoms with Crippen LogP contribution in [-0.4, -0.2) is 36.4 Å². The average molecular weight is 632 g/mol. The molecule has 0 saturated carbocycles. The van der Waals surface area contributed by atoms with E-state index in [1.54, 1.807) is 29.9 Å². The first-order valence-corrected chi connectivity index (χ1v) is 14.1. The maximum absolute atomic E-state index is 13.8. The van der Waals surface area contributed by atoms with E-state index in [-0.39, 0.29) is 38.8 Å². The SMILES string of the molecule is CCn1cc(-c2cc(C(F)(F)F)nc3sc(C(N)=O)c(NC(=O)c4ccn(COc5cc(C)c(Cl)c(C)c5)n4)c23)c(C)n1. The van der Waals surface area contributed by atoms with Crippen LogP contribution in [0.25, 0.3) is 21.3 Å². The number of ether oxygens (including phenoxy) is 1. The number of benzene rings is 1. The van der Waals surface area contributed by atoms with Crippen LogP contribution >= 0.6 is 22.9 Å². The summed E-state index contributed by atoms with van der Waals surface area (Å²) in [5.41, 5.74) is 6.99. The normalized spacial score (nSPS) is 11.7. The number of nitrogens with two attached hydrogens (primary N) is 1. The van der Waals surface area contributed by atoms with E-state index in [1.165, 1.54) is 16.9 Å². The number of fused-ring (bicyclic) bond motifs is 1. The molecule has 10 nitrogen and oxygen atoms in total. The molecule has 0 aliphatic carbocycles. The van der Waals surface area contributed by atoms with Crippen molar-refractivity contribution in [3.63, 3.8) is 0 Å². The zero-order chi connectivity index (χ0) is 31.2. The summed E-state index contributed by atoms with van der Waals surface area (Å²) in [6, 6.07) is 5.88. The summed E-state index contributed by atoms with van der Waals surface area (Å²) in [4.78, 5) is 29.2. The van der Waals surface area contributed by atoms with Gasteiger partial charge in [0.25, 0.3) is 11.8 Å². The molecule has 0 saturated heterocycles. The number of nitrogens with zero attached hydrogens (tertiary/aromatic N) is 5. The first-order chi connectivity index (χ1) is 20.3. The molecule has 0 radical (unpaired) electrons. The van der Waals surface area contributed by atoms with E-state index in [1.807, 2.05) is 20.8 Å². The number of carbonyl (C=O) groups excluding carboxylic acids is 2. The number of pyridine rings is 1. The molecule has 0 bridgehead atoms. The minimum atomic E-state index is -4.77. The third-order valence-electron chi connectivity index (χ3n) is 6.62. The molecule has 5 rings (SSSR count). The van der Waals surface area contributed by atoms with Crippen LogP contribution in [0.5, 0.6) is 5.75 Å². The number of hydrogen-bond acceptors (Lipinski definition) is 7. The van der Waals surface area contributed by atoms with Crippen molar-refractivity contribution >= 4 is 50.7 Å². The predicted molar refractivity (Wildman–Crippen MR) is 157 cm³/mol. The highest BCUT2D eigenvalue weighted by atomic mass is 35.5. The summed E-state index contributed by atoms with van der Waals surface area (Å²) >= 11 is 6.87. The fourth-order valence-electron chi connectivity index (χ4n) is 4.56. The molecule has 224 valence electrons. The summed E-state index contributed by atoms with van der Waals surface area (Å²) in [6.07, 6.45) is -1.64. The van der Waals surface area contributed by atoms with Gasteiger partial charge in [-0.2, -0.15) is 23.4 Å². The number of thiophene rings is 1. The smallest absolute Gasteiger partial charge is 0.433 e. The van der Waals surface area contributed by atoms with Crippen LogP contribution in [0.4, 0.5) is 18.9 Å². The zero-order valence-corrected chi connectivity index (χ0v) is 24.9. The Morgan fingerprint density at radius 3 is 2.40 bits per heavy atom. The van der Waals surface area contributed by atoms with Crippen molar-refractivity contribution in [1.82, 2.24) is 24.5 Å². The van der Waals surface area contributed by atoms with Gasteiger partial charge in [0, 0.05) is 34.9 Å². The summed E-state index contributed by atoms with van der Waals surface area (Å²) < 4.78 is 50.3. The predicted octanol–water partition coefficient (Wildman–Crippen LogP) is 6.36. The second-order valence-corrected chi connectivity index (χ2v) is 11.1. The average Bonchev–Trinajstić information content (AvgIpc) is 3.66. The molecule has 0 spiro atoms. The first-order valence-electron chi connectivity index (χ1n) is 12.9. The van der Waals surface area contributed by atoms with E-state index in [9.17, 15) is 22.8 Å². The van der Waals surface area contributed by atoms with Gasteiger partial charge in [-0.25, -0.2) is 9.67 Å². The Balaban J connectivity index is 1.52. The Bertz CT molecular complexity index is 1870. The third kappa shape index (κ3) is 5.92. The largest absolute Gasteiger partial charge is 0.471 e. The molecular weight excluding hydrogens is 607 g/mol. The van der Waals surface area contributed by atoms with Crippen LogP contribution in [0.2, 0.25) is 5.02 Å². The molecule has 0 fully saturated rings. The van der Waals surface area contributed by atoms with Crippen molar-refractivity contribution in [2.75, 3.05) is 5.32 Å². The lowest BCUT2D eigenvalue weighted by Crippen LogP contribution is -2.18. The number of alkyl halides is 3. The van der Waals surface area contributed by atoms with Crippen molar-refractivity contribution in [2.24, 2.45) is 5.73 Å². The number of anilines is 1. The summed E-state index contributed by atoms with van der Waals surface area (Å²) in [7, 11) is 0. The lowest BCUT2D eigenvalue weighted by atomic mass is 10.0. The van der Waals surface area contributed by atoms with Crippen LogP contribution in [0, 0.1) is 20.8 Å². The fraction of sp³-hybridized carbons (Fsp3) is 0.250. The summed E-state index contributed by atoms with van der Waals surface area (Å²) in [5.74, 6) is -1.09. The number of aryl methyl sites for hydroxylation is 4. The van der Waals surface area contributed by atoms with Crippen molar-refractivity contribution < 1.29 is 27.5 Å². The Kier molecular flexibility index (Phi) is 7.92. The van der Waals surface area contributed by atoms with Crippen molar-refractivity contribution in [3.05, 3.63) is 74.8 Å². The van der Waals surface area contributed by atoms with E-state index >= 15 is 0 Å². The van der Waals surface area contributed by atoms with Gasteiger partial charge in [0.1, 0.15) is 21.2 Å². The molecule has 3 N–H and O–H groups in total. The van der Waals surface area contributed by atoms with Gasteiger partial charge in [-0.3, -0.25) is 14.3 Å². The van der Waals surface area contributed by atoms with Gasteiger partial charge < -0.3 is 15.8 Å². The van der Waals surface area contributed by atoms with E-state index in [2.05, 4.69) is 20.5 Å². The number of halogens is 4. The Hall–Kier alpha value is -4.43. The maximum Gasteiger partial charge on any atom is 0.433 e. The molecule has 15 heteroatoms. The molecule has 2 amide bonds. The van der Waals surface area contributed by atoms with Gasteiger partial charge in [0.05, 0.1) is 11.4 Å². The Morgan fingerprint density at radius 1 is 1.09 bits per heavy atom.